The molecule has 0 saturated carbocycles. The number of aromatic nitrogens is 3. The van der Waals surface area contributed by atoms with E-state index in [4.69, 9.17) is 9.97 Å². The van der Waals surface area contributed by atoms with Crippen LogP contribution in [-0.4, -0.2) is 33.2 Å². The molecule has 0 aliphatic heterocycles. The van der Waals surface area contributed by atoms with Crippen LogP contribution in [0.2, 0.25) is 0 Å². The van der Waals surface area contributed by atoms with Gasteiger partial charge in [-0.05, 0) is 28.6 Å². The van der Waals surface area contributed by atoms with Gasteiger partial charge in [0.25, 0.3) is 0 Å². The van der Waals surface area contributed by atoms with Crippen molar-refractivity contribution in [2.24, 2.45) is 0 Å². The summed E-state index contributed by atoms with van der Waals surface area (Å²) in [5.41, 5.74) is 4.32. The number of pyridine rings is 1. The van der Waals surface area contributed by atoms with Gasteiger partial charge in [0.2, 0.25) is 0 Å². The van der Waals surface area contributed by atoms with Crippen molar-refractivity contribution in [2.45, 2.75) is 6.54 Å². The molecule has 0 radical (unpaired) electrons. The molecular weight excluding hydrogens is 424 g/mol. The molecule has 0 fully saturated rings. The van der Waals surface area contributed by atoms with Crippen LogP contribution in [0.5, 0.6) is 0 Å². The van der Waals surface area contributed by atoms with E-state index in [0.29, 0.717) is 18.9 Å². The minimum atomic E-state index is 0.0321. The van der Waals surface area contributed by atoms with Gasteiger partial charge in [-0.25, -0.2) is 9.97 Å². The topological polar surface area (TPSA) is 62.1 Å². The van der Waals surface area contributed by atoms with E-state index in [2.05, 4.69) is 32.8 Å². The zero-order chi connectivity index (χ0) is 21.0. The molecule has 1 aromatic carbocycles. The molecule has 31 heavy (non-hydrogen) atoms. The maximum absolute atomic E-state index is 9.84. The normalized spacial score (nSPS) is 11.1. The van der Waals surface area contributed by atoms with Gasteiger partial charge in [0.15, 0.2) is 5.82 Å². The molecule has 0 saturated heterocycles. The molecule has 0 atom stereocenters. The number of aliphatic hydroxyl groups excluding tert-OH is 1. The van der Waals surface area contributed by atoms with E-state index in [1.165, 1.54) is 0 Å². The van der Waals surface area contributed by atoms with E-state index in [1.807, 2.05) is 48.0 Å². The van der Waals surface area contributed by atoms with Crippen LogP contribution < -0.4 is 4.90 Å². The van der Waals surface area contributed by atoms with E-state index in [-0.39, 0.29) is 6.61 Å². The highest BCUT2D eigenvalue weighted by Crippen LogP contribution is 2.40. The zero-order valence-electron chi connectivity index (χ0n) is 16.7. The van der Waals surface area contributed by atoms with Crippen molar-refractivity contribution in [3.8, 4) is 22.5 Å². The molecule has 7 heteroatoms. The average molecular weight is 445 g/mol. The molecule has 154 valence electrons. The number of fused-ring (bicyclic) bond motifs is 1. The highest BCUT2D eigenvalue weighted by molar-refractivity contribution is 7.17. The highest BCUT2D eigenvalue weighted by atomic mass is 32.1. The molecule has 0 amide bonds. The van der Waals surface area contributed by atoms with Crippen LogP contribution >= 0.6 is 22.7 Å². The third-order valence-electron chi connectivity index (χ3n) is 5.04. The zero-order valence-corrected chi connectivity index (χ0v) is 18.3. The fourth-order valence-electron chi connectivity index (χ4n) is 3.60. The second-order valence-electron chi connectivity index (χ2n) is 7.08. The molecule has 0 unspecified atom stereocenters. The summed E-state index contributed by atoms with van der Waals surface area (Å²) in [5.74, 6) is 1.54. The average Bonchev–Trinajstić information content (AvgIpc) is 3.50. The minimum Gasteiger partial charge on any atom is -0.395 e. The molecule has 4 aromatic heterocycles. The van der Waals surface area contributed by atoms with Crippen LogP contribution in [0.1, 0.15) is 5.56 Å². The minimum absolute atomic E-state index is 0.0321. The SMILES string of the molecule is OCCN(Cc1cccnc1)c1nc(-c2ccsc2)nc2scc(-c3ccccc3)c12. The van der Waals surface area contributed by atoms with Crippen LogP contribution in [0.4, 0.5) is 5.82 Å². The first-order chi connectivity index (χ1) is 15.3. The molecule has 5 aromatic rings. The number of thiophene rings is 2. The Morgan fingerprint density at radius 3 is 2.58 bits per heavy atom. The lowest BCUT2D eigenvalue weighted by Crippen LogP contribution is -2.27. The summed E-state index contributed by atoms with van der Waals surface area (Å²) in [6.45, 7) is 1.10. The predicted octanol–water partition coefficient (Wildman–Crippen LogP) is 5.48. The molecule has 4 heterocycles. The second kappa shape index (κ2) is 8.93. The number of rotatable bonds is 7. The van der Waals surface area contributed by atoms with E-state index < -0.39 is 0 Å². The molecule has 5 rings (SSSR count). The smallest absolute Gasteiger partial charge is 0.163 e. The van der Waals surface area contributed by atoms with E-state index in [9.17, 15) is 5.11 Å². The summed E-state index contributed by atoms with van der Waals surface area (Å²) in [7, 11) is 0. The van der Waals surface area contributed by atoms with Crippen LogP contribution in [0.3, 0.4) is 0 Å². The number of nitrogens with zero attached hydrogens (tertiary/aromatic N) is 4. The maximum Gasteiger partial charge on any atom is 0.163 e. The Kier molecular flexibility index (Phi) is 5.71. The third kappa shape index (κ3) is 4.07. The Hall–Kier alpha value is -3.13. The van der Waals surface area contributed by atoms with Gasteiger partial charge < -0.3 is 10.0 Å². The summed E-state index contributed by atoms with van der Waals surface area (Å²) in [6.07, 6.45) is 3.62. The summed E-state index contributed by atoms with van der Waals surface area (Å²) in [6, 6.07) is 16.3. The molecular formula is C24H20N4OS2. The fraction of sp³-hybridized carbons (Fsp3) is 0.125. The first-order valence-corrected chi connectivity index (χ1v) is 11.8. The second-order valence-corrected chi connectivity index (χ2v) is 8.72. The summed E-state index contributed by atoms with van der Waals surface area (Å²) in [5, 5.41) is 17.1. The Morgan fingerprint density at radius 1 is 0.935 bits per heavy atom. The van der Waals surface area contributed by atoms with Gasteiger partial charge >= 0.3 is 0 Å². The van der Waals surface area contributed by atoms with Gasteiger partial charge in [-0.1, -0.05) is 36.4 Å². The van der Waals surface area contributed by atoms with Crippen LogP contribution in [0, 0.1) is 0 Å². The van der Waals surface area contributed by atoms with Crippen molar-refractivity contribution >= 4 is 38.7 Å². The number of hydrogen-bond acceptors (Lipinski definition) is 7. The van der Waals surface area contributed by atoms with Gasteiger partial charge in [0, 0.05) is 47.4 Å². The number of hydrogen-bond donors (Lipinski definition) is 1. The quantitative estimate of drug-likeness (QED) is 0.360. The van der Waals surface area contributed by atoms with Gasteiger partial charge in [-0.15, -0.1) is 11.3 Å². The Morgan fingerprint density at radius 2 is 1.84 bits per heavy atom. The predicted molar refractivity (Wildman–Crippen MR) is 129 cm³/mol. The Labute approximate surface area is 188 Å². The molecule has 1 N–H and O–H groups in total. The largest absolute Gasteiger partial charge is 0.395 e. The van der Waals surface area contributed by atoms with Crippen molar-refractivity contribution in [2.75, 3.05) is 18.1 Å². The van der Waals surface area contributed by atoms with E-state index >= 15 is 0 Å². The molecule has 0 spiro atoms. The van der Waals surface area contributed by atoms with Crippen molar-refractivity contribution in [1.82, 2.24) is 15.0 Å². The summed E-state index contributed by atoms with van der Waals surface area (Å²) in [4.78, 5) is 17.2. The van der Waals surface area contributed by atoms with Crippen molar-refractivity contribution in [1.29, 1.82) is 0 Å². The standard InChI is InChI=1S/C24H20N4OS2/c29-11-10-28(14-17-5-4-9-25-13-17)23-21-20(18-6-2-1-3-7-18)16-31-24(21)27-22(26-23)19-8-12-30-15-19/h1-9,12-13,15-16,29H,10-11,14H2. The number of aliphatic hydroxyl groups is 1. The van der Waals surface area contributed by atoms with E-state index in [1.54, 1.807) is 28.9 Å². The monoisotopic (exact) mass is 444 g/mol. The van der Waals surface area contributed by atoms with Crippen molar-refractivity contribution < 1.29 is 5.11 Å². The van der Waals surface area contributed by atoms with E-state index in [0.717, 1.165) is 38.3 Å². The lowest BCUT2D eigenvalue weighted by atomic mass is 10.1. The van der Waals surface area contributed by atoms with Gasteiger partial charge in [-0.3, -0.25) is 4.98 Å². The Bertz CT molecular complexity index is 1270. The van der Waals surface area contributed by atoms with Crippen molar-refractivity contribution in [3.05, 3.63) is 82.6 Å². The van der Waals surface area contributed by atoms with Gasteiger partial charge in [0.1, 0.15) is 10.6 Å². The first-order valence-electron chi connectivity index (χ1n) is 9.95. The first kappa shape index (κ1) is 19.8. The Balaban J connectivity index is 1.71. The number of anilines is 1. The van der Waals surface area contributed by atoms with Crippen LogP contribution in [-0.2, 0) is 6.54 Å². The molecule has 5 nitrogen and oxygen atoms in total. The fourth-order valence-corrected chi connectivity index (χ4v) is 5.17. The third-order valence-corrected chi connectivity index (χ3v) is 6.60. The maximum atomic E-state index is 9.84. The van der Waals surface area contributed by atoms with Crippen molar-refractivity contribution in [3.63, 3.8) is 0 Å². The van der Waals surface area contributed by atoms with Crippen LogP contribution in [0.25, 0.3) is 32.7 Å². The number of benzene rings is 1. The summed E-state index contributed by atoms with van der Waals surface area (Å²) >= 11 is 3.26. The van der Waals surface area contributed by atoms with Gasteiger partial charge in [0.05, 0.1) is 12.0 Å². The molecule has 0 aliphatic rings. The molecule has 0 bridgehead atoms. The lowest BCUT2D eigenvalue weighted by molar-refractivity contribution is 0.301. The van der Waals surface area contributed by atoms with Crippen LogP contribution in [0.15, 0.2) is 77.1 Å². The molecule has 0 aliphatic carbocycles. The highest BCUT2D eigenvalue weighted by Gasteiger charge is 2.21. The summed E-state index contributed by atoms with van der Waals surface area (Å²) < 4.78 is 0. The van der Waals surface area contributed by atoms with Gasteiger partial charge in [-0.2, -0.15) is 11.3 Å². The lowest BCUT2D eigenvalue weighted by Gasteiger charge is -2.24.